The van der Waals surface area contributed by atoms with Crippen LogP contribution in [0.25, 0.3) is 0 Å². The summed E-state index contributed by atoms with van der Waals surface area (Å²) in [5, 5.41) is 3.03. The first-order valence-corrected chi connectivity index (χ1v) is 8.65. The molecule has 3 aromatic carbocycles. The van der Waals surface area contributed by atoms with E-state index in [4.69, 9.17) is 0 Å². The van der Waals surface area contributed by atoms with Crippen LogP contribution in [0.15, 0.2) is 91.0 Å². The fourth-order valence-corrected chi connectivity index (χ4v) is 5.56. The highest BCUT2D eigenvalue weighted by Gasteiger charge is 2.37. The van der Waals surface area contributed by atoms with Gasteiger partial charge >= 0.3 is 0 Å². The quantitative estimate of drug-likeness (QED) is 0.571. The lowest BCUT2D eigenvalue weighted by Crippen LogP contribution is -2.67. The van der Waals surface area contributed by atoms with E-state index < -0.39 is 8.32 Å². The largest absolute Gasteiger partial charge is 0.421 e. The zero-order valence-corrected chi connectivity index (χ0v) is 13.8. The maximum Gasteiger partial charge on any atom is 0.285 e. The Bertz CT molecular complexity index is 575. The number of benzene rings is 3. The molecule has 1 nitrogen and oxygen atoms in total. The first-order valence-electron chi connectivity index (χ1n) is 6.71. The highest BCUT2D eigenvalue weighted by Crippen LogP contribution is 2.03. The Morgan fingerprint density at radius 3 is 0.952 bits per heavy atom. The lowest BCUT2D eigenvalue weighted by atomic mass is 10.3. The molecule has 21 heavy (non-hydrogen) atoms. The summed E-state index contributed by atoms with van der Waals surface area (Å²) in [5.41, 5.74) is 0. The average Bonchev–Trinajstić information content (AvgIpc) is 2.56. The summed E-state index contributed by atoms with van der Waals surface area (Å²) < 4.78 is 0. The zero-order valence-electron chi connectivity index (χ0n) is 11.7. The van der Waals surface area contributed by atoms with Crippen molar-refractivity contribution < 1.29 is 4.80 Å². The molecule has 1 N–H and O–H groups in total. The van der Waals surface area contributed by atoms with Crippen LogP contribution in [0.2, 0.25) is 0 Å². The zero-order chi connectivity index (χ0) is 13.8. The Labute approximate surface area is 137 Å². The van der Waals surface area contributed by atoms with Crippen molar-refractivity contribution >= 4 is 41.2 Å². The van der Waals surface area contributed by atoms with Gasteiger partial charge in [-0.25, -0.2) is 0 Å². The molecule has 0 aliphatic carbocycles. The Morgan fingerprint density at radius 2 is 0.714 bits per heavy atom. The van der Waals surface area contributed by atoms with Crippen LogP contribution in [0.1, 0.15) is 0 Å². The fraction of sp³-hybridized carbons (Fsp3) is 0. The van der Waals surface area contributed by atoms with Gasteiger partial charge in [-0.05, 0) is 15.6 Å². The molecule has 0 aliphatic rings. The van der Waals surface area contributed by atoms with Gasteiger partial charge in [0.1, 0.15) is 0 Å². The van der Waals surface area contributed by atoms with E-state index in [0.717, 1.165) is 15.6 Å². The van der Waals surface area contributed by atoms with Gasteiger partial charge in [-0.2, -0.15) is 0 Å². The predicted octanol–water partition coefficient (Wildman–Crippen LogP) is 1.27. The molecular weight excluding hydrogens is 287 g/mol. The molecule has 3 heteroatoms. The smallest absolute Gasteiger partial charge is 0.285 e. The van der Waals surface area contributed by atoms with Crippen LogP contribution in [0.4, 0.5) is 0 Å². The van der Waals surface area contributed by atoms with E-state index >= 15 is 0 Å². The predicted molar refractivity (Wildman–Crippen MR) is 92.0 cm³/mol. The highest BCUT2D eigenvalue weighted by atomic mass is 28.4. The van der Waals surface area contributed by atoms with Crippen molar-refractivity contribution in [1.29, 1.82) is 0 Å². The van der Waals surface area contributed by atoms with Crippen molar-refractivity contribution in [3.63, 3.8) is 0 Å². The van der Waals surface area contributed by atoms with E-state index in [1.165, 1.54) is 0 Å². The van der Waals surface area contributed by atoms with Crippen LogP contribution in [0, 0.1) is 0 Å². The summed E-state index contributed by atoms with van der Waals surface area (Å²) >= 11 is 0. The molecule has 3 rings (SSSR count). The number of rotatable bonds is 3. The van der Waals surface area contributed by atoms with Crippen molar-refractivity contribution in [2.75, 3.05) is 0 Å². The van der Waals surface area contributed by atoms with Gasteiger partial charge in [0.15, 0.2) is 0 Å². The third kappa shape index (κ3) is 3.02. The molecule has 0 atom stereocenters. The van der Waals surface area contributed by atoms with Crippen LogP contribution in [-0.4, -0.2) is 30.5 Å². The Hall–Kier alpha value is -1.63. The molecule has 0 heterocycles. The van der Waals surface area contributed by atoms with Crippen LogP contribution >= 0.6 is 0 Å². The first-order chi connectivity index (χ1) is 9.82. The maximum absolute atomic E-state index is 11.6. The lowest BCUT2D eigenvalue weighted by Gasteiger charge is -2.26. The summed E-state index contributed by atoms with van der Waals surface area (Å²) in [4.78, 5) is 11.6. The molecule has 0 aliphatic heterocycles. The van der Waals surface area contributed by atoms with Crippen LogP contribution in [-0.2, 0) is 0 Å². The molecule has 0 unspecified atom stereocenters. The molecule has 101 valence electrons. The van der Waals surface area contributed by atoms with E-state index in [1.54, 1.807) is 0 Å². The van der Waals surface area contributed by atoms with E-state index in [9.17, 15) is 4.80 Å². The third-order valence-electron chi connectivity index (χ3n) is 3.57. The maximum atomic E-state index is 11.6. The first kappa shape index (κ1) is 15.8. The normalized spacial score (nSPS) is 10.7. The molecule has 0 aromatic heterocycles. The van der Waals surface area contributed by atoms with Gasteiger partial charge in [-0.15, -0.1) is 0 Å². The van der Waals surface area contributed by atoms with Gasteiger partial charge in [0.25, 0.3) is 8.32 Å². The fourth-order valence-electron chi connectivity index (χ4n) is 2.54. The van der Waals surface area contributed by atoms with Gasteiger partial charge in [0, 0.05) is 17.4 Å². The molecule has 0 saturated heterocycles. The second-order valence-corrected chi connectivity index (χ2v) is 7.96. The SMILES string of the molecule is O[Si](c1ccccc1)(c1ccccc1)c1ccccc1.[Al]. The second-order valence-electron chi connectivity index (χ2n) is 4.81. The van der Waals surface area contributed by atoms with Gasteiger partial charge in [0.05, 0.1) is 0 Å². The highest BCUT2D eigenvalue weighted by molar-refractivity contribution is 7.06. The second kappa shape index (κ2) is 6.89. The number of hydrogen-bond donors (Lipinski definition) is 1. The third-order valence-corrected chi connectivity index (χ3v) is 7.08. The molecule has 0 spiro atoms. The lowest BCUT2D eigenvalue weighted by molar-refractivity contribution is 0.583. The molecule has 0 bridgehead atoms. The van der Waals surface area contributed by atoms with E-state index in [-0.39, 0.29) is 17.4 Å². The monoisotopic (exact) mass is 303 g/mol. The van der Waals surface area contributed by atoms with Crippen molar-refractivity contribution in [3.05, 3.63) is 91.0 Å². The molecule has 3 radical (unpaired) electrons. The average molecular weight is 303 g/mol. The molecule has 0 saturated carbocycles. The topological polar surface area (TPSA) is 20.2 Å². The summed E-state index contributed by atoms with van der Waals surface area (Å²) in [6, 6.07) is 30.0. The molecule has 3 aromatic rings. The van der Waals surface area contributed by atoms with E-state index in [0.29, 0.717) is 0 Å². The summed E-state index contributed by atoms with van der Waals surface area (Å²) in [5.74, 6) is 0. The van der Waals surface area contributed by atoms with Gasteiger partial charge in [-0.1, -0.05) is 91.0 Å². The van der Waals surface area contributed by atoms with Crippen LogP contribution in [0.3, 0.4) is 0 Å². The Morgan fingerprint density at radius 1 is 0.476 bits per heavy atom. The summed E-state index contributed by atoms with van der Waals surface area (Å²) in [6.45, 7) is 0. The van der Waals surface area contributed by atoms with Crippen molar-refractivity contribution in [3.8, 4) is 0 Å². The van der Waals surface area contributed by atoms with Crippen LogP contribution in [0.5, 0.6) is 0 Å². The van der Waals surface area contributed by atoms with E-state index in [1.807, 2.05) is 91.0 Å². The van der Waals surface area contributed by atoms with Gasteiger partial charge in [-0.3, -0.25) is 0 Å². The summed E-state index contributed by atoms with van der Waals surface area (Å²) in [7, 11) is -2.88. The Balaban J connectivity index is 0.00000161. The van der Waals surface area contributed by atoms with Gasteiger partial charge < -0.3 is 4.80 Å². The van der Waals surface area contributed by atoms with Crippen LogP contribution < -0.4 is 15.6 Å². The molecule has 0 amide bonds. The minimum absolute atomic E-state index is 0. The van der Waals surface area contributed by atoms with Gasteiger partial charge in [0.2, 0.25) is 0 Å². The molecular formula is C18H16AlOSi. The van der Waals surface area contributed by atoms with Crippen molar-refractivity contribution in [2.24, 2.45) is 0 Å². The minimum Gasteiger partial charge on any atom is -0.421 e. The van der Waals surface area contributed by atoms with Crippen molar-refractivity contribution in [2.45, 2.75) is 0 Å². The summed E-state index contributed by atoms with van der Waals surface area (Å²) in [6.07, 6.45) is 0. The van der Waals surface area contributed by atoms with E-state index in [2.05, 4.69) is 0 Å². The Kier molecular flexibility index (Phi) is 5.17. The molecule has 0 fully saturated rings. The minimum atomic E-state index is -2.88. The number of hydrogen-bond acceptors (Lipinski definition) is 1. The standard InChI is InChI=1S/C18H16OSi.Al/c19-20(16-10-4-1-5-11-16,17-12-6-2-7-13-17)18-14-8-3-9-15-18;/h1-15,19H;. The van der Waals surface area contributed by atoms with Crippen molar-refractivity contribution in [1.82, 2.24) is 0 Å².